The van der Waals surface area contributed by atoms with Crippen molar-refractivity contribution in [1.29, 1.82) is 0 Å². The number of ether oxygens (including phenoxy) is 1. The first-order valence-corrected chi connectivity index (χ1v) is 13.3. The van der Waals surface area contributed by atoms with Crippen LogP contribution >= 0.6 is 0 Å². The summed E-state index contributed by atoms with van der Waals surface area (Å²) in [5, 5.41) is 5.46. The number of benzene rings is 4. The lowest BCUT2D eigenvalue weighted by molar-refractivity contribution is -0.130. The summed E-state index contributed by atoms with van der Waals surface area (Å²) in [5.74, 6) is -0.0608. The van der Waals surface area contributed by atoms with Crippen molar-refractivity contribution >= 4 is 29.1 Å². The number of amides is 3. The van der Waals surface area contributed by atoms with Gasteiger partial charge in [0.1, 0.15) is 17.5 Å². The Hall–Kier alpha value is -5.24. The largest absolute Gasteiger partial charge is 0.457 e. The van der Waals surface area contributed by atoms with Crippen molar-refractivity contribution in [3.8, 4) is 11.5 Å². The van der Waals surface area contributed by atoms with Gasteiger partial charge in [-0.2, -0.15) is 0 Å². The van der Waals surface area contributed by atoms with E-state index in [1.165, 1.54) is 4.90 Å². The highest BCUT2D eigenvalue weighted by atomic mass is 16.5. The molecule has 0 aliphatic carbocycles. The molecule has 1 heterocycles. The van der Waals surface area contributed by atoms with Crippen molar-refractivity contribution in [2.75, 3.05) is 11.9 Å². The molecule has 0 saturated heterocycles. The Balaban J connectivity index is 1.30. The number of benzodiazepines with no additional fused rings is 1. The third-order valence-corrected chi connectivity index (χ3v) is 6.73. The first-order valence-electron chi connectivity index (χ1n) is 13.3. The summed E-state index contributed by atoms with van der Waals surface area (Å²) >= 11 is 0. The maximum absolute atomic E-state index is 13.4. The molecule has 4 aromatic rings. The van der Waals surface area contributed by atoms with Crippen molar-refractivity contribution in [2.45, 2.75) is 25.6 Å². The van der Waals surface area contributed by atoms with Crippen LogP contribution in [0.1, 0.15) is 23.6 Å². The monoisotopic (exact) mass is 546 g/mol. The van der Waals surface area contributed by atoms with Crippen molar-refractivity contribution in [2.24, 2.45) is 4.99 Å². The number of para-hydroxylation sites is 3. The van der Waals surface area contributed by atoms with Gasteiger partial charge in [0, 0.05) is 23.7 Å². The third-order valence-electron chi connectivity index (χ3n) is 6.73. The minimum absolute atomic E-state index is 0.0113. The van der Waals surface area contributed by atoms with Crippen LogP contribution in [0.3, 0.4) is 0 Å². The molecule has 0 radical (unpaired) electrons. The average molecular weight is 547 g/mol. The minimum atomic E-state index is -1.17. The van der Waals surface area contributed by atoms with Crippen molar-refractivity contribution < 1.29 is 19.1 Å². The number of aliphatic imine (C=N–C) groups is 1. The van der Waals surface area contributed by atoms with Gasteiger partial charge in [0.25, 0.3) is 5.91 Å². The zero-order valence-electron chi connectivity index (χ0n) is 22.8. The Morgan fingerprint density at radius 1 is 0.878 bits per heavy atom. The molecule has 0 fully saturated rings. The van der Waals surface area contributed by atoms with E-state index < -0.39 is 18.1 Å². The highest BCUT2D eigenvalue weighted by Gasteiger charge is 2.32. The van der Waals surface area contributed by atoms with Gasteiger partial charge < -0.3 is 20.3 Å². The first kappa shape index (κ1) is 27.3. The summed E-state index contributed by atoms with van der Waals surface area (Å²) in [6.07, 6.45) is -1.16. The summed E-state index contributed by atoms with van der Waals surface area (Å²) in [6, 6.07) is 32.6. The number of likely N-dealkylation sites (N-methyl/N-ethyl adjacent to an activating group) is 1. The molecule has 5 rings (SSSR count). The highest BCUT2D eigenvalue weighted by molar-refractivity contribution is 6.20. The predicted octanol–water partition coefficient (Wildman–Crippen LogP) is 4.48. The Bertz CT molecular complexity index is 1590. The number of fused-ring (bicyclic) bond motifs is 1. The summed E-state index contributed by atoms with van der Waals surface area (Å²) in [5.41, 5.74) is 3.56. The zero-order valence-corrected chi connectivity index (χ0v) is 22.8. The fraction of sp³-hybridized carbons (Fsp3) is 0.152. The molecule has 0 spiro atoms. The minimum Gasteiger partial charge on any atom is -0.457 e. The molecule has 8 nitrogen and oxygen atoms in total. The van der Waals surface area contributed by atoms with Crippen LogP contribution in [0.25, 0.3) is 0 Å². The summed E-state index contributed by atoms with van der Waals surface area (Å²) in [7, 11) is 1.66. The molecule has 1 aliphatic heterocycles. The van der Waals surface area contributed by atoms with E-state index in [4.69, 9.17) is 9.73 Å². The molecule has 8 heteroatoms. The van der Waals surface area contributed by atoms with Crippen LogP contribution in [0.15, 0.2) is 114 Å². The van der Waals surface area contributed by atoms with E-state index >= 15 is 0 Å². The summed E-state index contributed by atoms with van der Waals surface area (Å²) in [6.45, 7) is 1.57. The van der Waals surface area contributed by atoms with Gasteiger partial charge in [-0.25, -0.2) is 4.99 Å². The number of carbonyl (C=O) groups is 3. The zero-order chi connectivity index (χ0) is 28.8. The molecule has 0 saturated carbocycles. The third kappa shape index (κ3) is 6.33. The maximum Gasteiger partial charge on any atom is 0.272 e. The molecular formula is C33H30N4O4. The first-order chi connectivity index (χ1) is 19.9. The Kier molecular flexibility index (Phi) is 8.20. The topological polar surface area (TPSA) is 100 Å². The van der Waals surface area contributed by atoms with Gasteiger partial charge in [-0.15, -0.1) is 0 Å². The molecule has 2 N–H and O–H groups in total. The predicted molar refractivity (Wildman–Crippen MR) is 158 cm³/mol. The van der Waals surface area contributed by atoms with E-state index in [-0.39, 0.29) is 18.2 Å². The molecule has 206 valence electrons. The number of nitrogens with zero attached hydrogens (tertiary/aromatic N) is 2. The van der Waals surface area contributed by atoms with E-state index in [1.807, 2.05) is 97.1 Å². The van der Waals surface area contributed by atoms with E-state index in [1.54, 1.807) is 26.1 Å². The van der Waals surface area contributed by atoms with Gasteiger partial charge in [0.15, 0.2) is 0 Å². The smallest absolute Gasteiger partial charge is 0.272 e. The van der Waals surface area contributed by atoms with Gasteiger partial charge in [-0.3, -0.25) is 14.4 Å². The van der Waals surface area contributed by atoms with Crippen LogP contribution in [0, 0.1) is 0 Å². The van der Waals surface area contributed by atoms with Crippen LogP contribution in [0.4, 0.5) is 5.69 Å². The second kappa shape index (κ2) is 12.3. The lowest BCUT2D eigenvalue weighted by Crippen LogP contribution is -2.52. The molecule has 0 aromatic heterocycles. The fourth-order valence-corrected chi connectivity index (χ4v) is 4.60. The molecule has 3 amide bonds. The molecular weight excluding hydrogens is 516 g/mol. The van der Waals surface area contributed by atoms with Gasteiger partial charge in [0.05, 0.1) is 17.8 Å². The number of hydrogen-bond donors (Lipinski definition) is 2. The molecule has 2 atom stereocenters. The quantitative estimate of drug-likeness (QED) is 0.340. The number of nitrogens with one attached hydrogen (secondary N) is 2. The number of carbonyl (C=O) groups excluding carboxylic acids is 3. The van der Waals surface area contributed by atoms with Crippen LogP contribution in [-0.2, 0) is 20.8 Å². The van der Waals surface area contributed by atoms with Crippen LogP contribution in [0.2, 0.25) is 0 Å². The lowest BCUT2D eigenvalue weighted by atomic mass is 10.0. The summed E-state index contributed by atoms with van der Waals surface area (Å²) in [4.78, 5) is 45.7. The van der Waals surface area contributed by atoms with Gasteiger partial charge in [0.2, 0.25) is 18.0 Å². The van der Waals surface area contributed by atoms with Gasteiger partial charge in [-0.05, 0) is 31.2 Å². The summed E-state index contributed by atoms with van der Waals surface area (Å²) < 4.78 is 5.95. The Labute approximate surface area is 238 Å². The normalized spacial score (nSPS) is 15.2. The molecule has 4 aromatic carbocycles. The molecule has 41 heavy (non-hydrogen) atoms. The standard InChI is InChI=1S/C33H30N4O4/c1-22(34-29(38)21-24-15-9-12-20-28(24)41-25-16-7-4-8-17-25)32(39)36-31-33(40)37(2)27-19-11-10-18-26(27)30(35-31)23-13-5-3-6-14-23/h3-20,22,31H,21H2,1-2H3,(H,34,38)(H,36,39)/t22-,31+/m0/s1. The fourth-order valence-electron chi connectivity index (χ4n) is 4.60. The second-order valence-electron chi connectivity index (χ2n) is 9.66. The van der Waals surface area contributed by atoms with E-state index in [0.29, 0.717) is 28.5 Å². The van der Waals surface area contributed by atoms with E-state index in [0.717, 1.165) is 11.1 Å². The van der Waals surface area contributed by atoms with Crippen LogP contribution in [-0.4, -0.2) is 42.7 Å². The van der Waals surface area contributed by atoms with Gasteiger partial charge >= 0.3 is 0 Å². The number of rotatable bonds is 8. The van der Waals surface area contributed by atoms with Crippen molar-refractivity contribution in [3.63, 3.8) is 0 Å². The lowest BCUT2D eigenvalue weighted by Gasteiger charge is -2.22. The molecule has 0 unspecified atom stereocenters. The SMILES string of the molecule is C[C@H](NC(=O)Cc1ccccc1Oc1ccccc1)C(=O)N[C@H]1N=C(c2ccccc2)c2ccccc2N(C)C1=O. The number of hydrogen-bond acceptors (Lipinski definition) is 5. The van der Waals surface area contributed by atoms with E-state index in [9.17, 15) is 14.4 Å². The van der Waals surface area contributed by atoms with E-state index in [2.05, 4.69) is 10.6 Å². The number of anilines is 1. The average Bonchev–Trinajstić information content (AvgIpc) is 3.09. The maximum atomic E-state index is 13.4. The van der Waals surface area contributed by atoms with Crippen molar-refractivity contribution in [3.05, 3.63) is 126 Å². The Morgan fingerprint density at radius 2 is 1.51 bits per heavy atom. The van der Waals surface area contributed by atoms with Crippen LogP contribution in [0.5, 0.6) is 11.5 Å². The Morgan fingerprint density at radius 3 is 2.27 bits per heavy atom. The van der Waals surface area contributed by atoms with Gasteiger partial charge in [-0.1, -0.05) is 84.9 Å². The highest BCUT2D eigenvalue weighted by Crippen LogP contribution is 2.27. The van der Waals surface area contributed by atoms with Crippen molar-refractivity contribution in [1.82, 2.24) is 10.6 Å². The second-order valence-corrected chi connectivity index (χ2v) is 9.66. The van der Waals surface area contributed by atoms with Crippen LogP contribution < -0.4 is 20.3 Å². The molecule has 0 bridgehead atoms. The molecule has 1 aliphatic rings.